The lowest BCUT2D eigenvalue weighted by Crippen LogP contribution is -2.36. The number of methoxy groups -OCH3 is 1. The zero-order chi connectivity index (χ0) is 15.0. The van der Waals surface area contributed by atoms with Gasteiger partial charge in [-0.2, -0.15) is 4.31 Å². The van der Waals surface area contributed by atoms with Crippen molar-refractivity contribution in [2.24, 2.45) is 7.05 Å². The molecule has 1 heterocycles. The van der Waals surface area contributed by atoms with Crippen molar-refractivity contribution in [3.05, 3.63) is 30.5 Å². The lowest BCUT2D eigenvalue weighted by molar-refractivity contribution is 0.177. The van der Waals surface area contributed by atoms with E-state index in [2.05, 4.69) is 0 Å². The van der Waals surface area contributed by atoms with Gasteiger partial charge in [-0.25, -0.2) is 8.42 Å². The summed E-state index contributed by atoms with van der Waals surface area (Å²) in [5.41, 5.74) is 0.764. The fourth-order valence-electron chi connectivity index (χ4n) is 2.70. The monoisotopic (exact) mass is 308 g/mol. The zero-order valence-electron chi connectivity index (χ0n) is 12.3. The molecule has 0 amide bonds. The fraction of sp³-hybridized carbons (Fsp3) is 0.467. The number of para-hydroxylation sites is 1. The number of ether oxygens (including phenoxy) is 1. The van der Waals surface area contributed by atoms with E-state index < -0.39 is 10.0 Å². The molecule has 1 fully saturated rings. The van der Waals surface area contributed by atoms with Gasteiger partial charge in [0.15, 0.2) is 0 Å². The van der Waals surface area contributed by atoms with Crippen molar-refractivity contribution < 1.29 is 13.2 Å². The minimum absolute atomic E-state index is 0.126. The van der Waals surface area contributed by atoms with E-state index >= 15 is 0 Å². The molecule has 1 aliphatic rings. The maximum absolute atomic E-state index is 13.0. The van der Waals surface area contributed by atoms with Crippen LogP contribution in [-0.4, -0.2) is 43.6 Å². The lowest BCUT2D eigenvalue weighted by Gasteiger charge is -2.22. The van der Waals surface area contributed by atoms with Crippen molar-refractivity contribution in [2.45, 2.75) is 23.8 Å². The van der Waals surface area contributed by atoms with E-state index in [-0.39, 0.29) is 6.04 Å². The molecule has 0 atom stereocenters. The van der Waals surface area contributed by atoms with E-state index in [0.717, 1.165) is 23.7 Å². The van der Waals surface area contributed by atoms with Crippen molar-refractivity contribution in [3.8, 4) is 0 Å². The van der Waals surface area contributed by atoms with Gasteiger partial charge in [-0.05, 0) is 25.0 Å². The normalized spacial score (nSPS) is 16.0. The number of sulfonamides is 1. The number of benzene rings is 1. The van der Waals surface area contributed by atoms with Gasteiger partial charge in [0.05, 0.1) is 12.1 Å². The number of hydrogen-bond donors (Lipinski definition) is 0. The van der Waals surface area contributed by atoms with Gasteiger partial charge in [-0.3, -0.25) is 0 Å². The van der Waals surface area contributed by atoms with Gasteiger partial charge in [0.25, 0.3) is 0 Å². The number of aryl methyl sites for hydroxylation is 1. The predicted octanol–water partition coefficient (Wildman–Crippen LogP) is 1.98. The first kappa shape index (κ1) is 14.6. The van der Waals surface area contributed by atoms with Gasteiger partial charge in [-0.15, -0.1) is 0 Å². The lowest BCUT2D eigenvalue weighted by atomic mass is 10.2. The van der Waals surface area contributed by atoms with Gasteiger partial charge in [-0.1, -0.05) is 12.1 Å². The first-order chi connectivity index (χ1) is 10.1. The van der Waals surface area contributed by atoms with Crippen molar-refractivity contribution in [1.29, 1.82) is 0 Å². The van der Waals surface area contributed by atoms with E-state index in [1.165, 1.54) is 0 Å². The standard InChI is InChI=1S/C15H20N2O3S/c1-16-9-8-12-4-3-5-14(15(12)16)21(18,19)17(10-11-20-2)13-6-7-13/h3-5,8-9,13H,6-7,10-11H2,1-2H3. The molecule has 0 aliphatic heterocycles. The Balaban J connectivity index is 2.08. The molecule has 0 saturated heterocycles. The smallest absolute Gasteiger partial charge is 0.245 e. The molecule has 1 aliphatic carbocycles. The summed E-state index contributed by atoms with van der Waals surface area (Å²) in [5.74, 6) is 0. The first-order valence-electron chi connectivity index (χ1n) is 7.10. The zero-order valence-corrected chi connectivity index (χ0v) is 13.1. The Bertz CT molecular complexity index is 747. The molecule has 5 nitrogen and oxygen atoms in total. The van der Waals surface area contributed by atoms with E-state index in [4.69, 9.17) is 4.74 Å². The highest BCUT2D eigenvalue weighted by Gasteiger charge is 2.38. The summed E-state index contributed by atoms with van der Waals surface area (Å²) in [7, 11) is -0.0307. The van der Waals surface area contributed by atoms with Gasteiger partial charge in [0, 0.05) is 38.3 Å². The third kappa shape index (κ3) is 2.59. The third-order valence-electron chi connectivity index (χ3n) is 3.92. The summed E-state index contributed by atoms with van der Waals surface area (Å²) >= 11 is 0. The molecular formula is C15H20N2O3S. The molecule has 1 saturated carbocycles. The fourth-order valence-corrected chi connectivity index (χ4v) is 4.62. The molecule has 0 spiro atoms. The number of fused-ring (bicyclic) bond motifs is 1. The second kappa shape index (κ2) is 5.44. The SMILES string of the molecule is COCCN(C1CC1)S(=O)(=O)c1cccc2ccn(C)c12. The minimum atomic E-state index is -3.50. The van der Waals surface area contributed by atoms with Gasteiger partial charge >= 0.3 is 0 Å². The quantitative estimate of drug-likeness (QED) is 0.820. The van der Waals surface area contributed by atoms with Gasteiger partial charge < -0.3 is 9.30 Å². The van der Waals surface area contributed by atoms with Crippen molar-refractivity contribution in [2.75, 3.05) is 20.3 Å². The van der Waals surface area contributed by atoms with Crippen LogP contribution in [-0.2, 0) is 21.8 Å². The Morgan fingerprint density at radius 1 is 1.33 bits per heavy atom. The van der Waals surface area contributed by atoms with E-state index in [0.29, 0.717) is 18.0 Å². The summed E-state index contributed by atoms with van der Waals surface area (Å²) < 4.78 is 34.6. The summed E-state index contributed by atoms with van der Waals surface area (Å²) in [6, 6.07) is 7.49. The van der Waals surface area contributed by atoms with Crippen LogP contribution in [0.1, 0.15) is 12.8 Å². The molecule has 0 bridgehead atoms. The minimum Gasteiger partial charge on any atom is -0.383 e. The number of aromatic nitrogens is 1. The predicted molar refractivity (Wildman–Crippen MR) is 81.7 cm³/mol. The summed E-state index contributed by atoms with van der Waals surface area (Å²) in [5, 5.41) is 0.945. The Morgan fingerprint density at radius 3 is 2.76 bits per heavy atom. The van der Waals surface area contributed by atoms with Gasteiger partial charge in [0.1, 0.15) is 4.90 Å². The van der Waals surface area contributed by atoms with Crippen LogP contribution in [0.25, 0.3) is 10.9 Å². The molecule has 0 radical (unpaired) electrons. The van der Waals surface area contributed by atoms with Crippen LogP contribution < -0.4 is 0 Å². The Morgan fingerprint density at radius 2 is 2.10 bits per heavy atom. The Labute approximate surface area is 125 Å². The van der Waals surface area contributed by atoms with Crippen LogP contribution in [0.5, 0.6) is 0 Å². The van der Waals surface area contributed by atoms with E-state index in [1.807, 2.05) is 29.9 Å². The molecule has 0 N–H and O–H groups in total. The van der Waals surface area contributed by atoms with Crippen LogP contribution in [0.3, 0.4) is 0 Å². The van der Waals surface area contributed by atoms with Gasteiger partial charge in [0.2, 0.25) is 10.0 Å². The highest BCUT2D eigenvalue weighted by Crippen LogP contribution is 2.34. The molecule has 6 heteroatoms. The highest BCUT2D eigenvalue weighted by atomic mass is 32.2. The second-order valence-electron chi connectivity index (χ2n) is 5.46. The molecule has 1 aromatic heterocycles. The highest BCUT2D eigenvalue weighted by molar-refractivity contribution is 7.89. The number of rotatable bonds is 6. The van der Waals surface area contributed by atoms with Crippen molar-refractivity contribution in [3.63, 3.8) is 0 Å². The summed E-state index contributed by atoms with van der Waals surface area (Å²) in [6.07, 6.45) is 3.76. The largest absolute Gasteiger partial charge is 0.383 e. The molecule has 0 unspecified atom stereocenters. The Kier molecular flexibility index (Phi) is 3.77. The van der Waals surface area contributed by atoms with E-state index in [9.17, 15) is 8.42 Å². The van der Waals surface area contributed by atoms with Crippen LogP contribution in [0, 0.1) is 0 Å². The molecule has 114 valence electrons. The maximum Gasteiger partial charge on any atom is 0.245 e. The first-order valence-corrected chi connectivity index (χ1v) is 8.54. The molecule has 21 heavy (non-hydrogen) atoms. The topological polar surface area (TPSA) is 51.5 Å². The summed E-state index contributed by atoms with van der Waals surface area (Å²) in [6.45, 7) is 0.823. The van der Waals surface area contributed by atoms with Crippen LogP contribution in [0.2, 0.25) is 0 Å². The number of hydrogen-bond acceptors (Lipinski definition) is 3. The molecule has 1 aromatic carbocycles. The maximum atomic E-state index is 13.0. The second-order valence-corrected chi connectivity index (χ2v) is 7.32. The van der Waals surface area contributed by atoms with Crippen LogP contribution in [0.4, 0.5) is 0 Å². The van der Waals surface area contributed by atoms with Crippen molar-refractivity contribution >= 4 is 20.9 Å². The third-order valence-corrected chi connectivity index (χ3v) is 5.90. The average Bonchev–Trinajstić information content (AvgIpc) is 3.22. The molecular weight excluding hydrogens is 288 g/mol. The molecule has 3 rings (SSSR count). The van der Waals surface area contributed by atoms with Crippen molar-refractivity contribution in [1.82, 2.24) is 8.87 Å². The summed E-state index contributed by atoms with van der Waals surface area (Å²) in [4.78, 5) is 0.385. The number of nitrogens with zero attached hydrogens (tertiary/aromatic N) is 2. The molecule has 2 aromatic rings. The van der Waals surface area contributed by atoms with Crippen LogP contribution >= 0.6 is 0 Å². The van der Waals surface area contributed by atoms with Crippen LogP contribution in [0.15, 0.2) is 35.4 Å². The Hall–Kier alpha value is -1.37. The van der Waals surface area contributed by atoms with E-state index in [1.54, 1.807) is 23.5 Å². The average molecular weight is 308 g/mol.